The largest absolute Gasteiger partial charge is 0.494 e. The number of rotatable bonds is 14. The second-order valence-corrected chi connectivity index (χ2v) is 10.9. The van der Waals surface area contributed by atoms with Gasteiger partial charge >= 0.3 is 0 Å². The van der Waals surface area contributed by atoms with E-state index in [9.17, 15) is 15.9 Å². The van der Waals surface area contributed by atoms with Crippen LogP contribution in [-0.2, 0) is 22.5 Å². The molecule has 1 amide bonds. The quantitative estimate of drug-likeness (QED) is 0.0423. The van der Waals surface area contributed by atoms with Gasteiger partial charge in [0.1, 0.15) is 5.75 Å². The molecule has 13 nitrogen and oxygen atoms in total. The Balaban J connectivity index is 1.60. The number of hydrogen-bond acceptors (Lipinski definition) is 8. The van der Waals surface area contributed by atoms with Gasteiger partial charge in [-0.1, -0.05) is 82.5 Å². The van der Waals surface area contributed by atoms with E-state index in [1.807, 2.05) is 12.1 Å². The Morgan fingerprint density at radius 1 is 0.979 bits per heavy atom. The van der Waals surface area contributed by atoms with Crippen molar-refractivity contribution in [3.05, 3.63) is 145 Å². The molecule has 0 radical (unpaired) electrons. The van der Waals surface area contributed by atoms with Crippen LogP contribution in [0.4, 0.5) is 11.4 Å². The lowest BCUT2D eigenvalue weighted by atomic mass is 9.81. The maximum absolute atomic E-state index is 14.5. The van der Waals surface area contributed by atoms with Crippen LogP contribution in [-0.4, -0.2) is 35.7 Å². The third-order valence-corrected chi connectivity index (χ3v) is 7.62. The molecular weight excluding hydrogens is 622 g/mol. The van der Waals surface area contributed by atoms with Crippen LogP contribution in [0.3, 0.4) is 0 Å². The van der Waals surface area contributed by atoms with Gasteiger partial charge in [0.05, 0.1) is 6.61 Å². The van der Waals surface area contributed by atoms with Crippen LogP contribution in [0.25, 0.3) is 20.9 Å². The molecule has 0 unspecified atom stereocenters. The highest BCUT2D eigenvalue weighted by Crippen LogP contribution is 2.46. The predicted octanol–water partition coefficient (Wildman–Crippen LogP) is 7.31. The van der Waals surface area contributed by atoms with E-state index in [0.29, 0.717) is 46.2 Å². The average molecular weight is 652 g/mol. The van der Waals surface area contributed by atoms with Gasteiger partial charge in [-0.2, -0.15) is 0 Å². The van der Waals surface area contributed by atoms with E-state index in [0.717, 1.165) is 5.56 Å². The SMILES string of the molecule is [N-]=[N+]=Nc1ccccc1C[C@]1(C(=O)NNCc2cccc(Cl)c2)N=C(c2ccc(OCCCO)cc2)O[C@H]1c1ccccc1N=[N+]=[N-]. The summed E-state index contributed by atoms with van der Waals surface area (Å²) in [6.07, 6.45) is -0.634. The van der Waals surface area contributed by atoms with Gasteiger partial charge in [0.25, 0.3) is 5.91 Å². The molecule has 3 N–H and O–H groups in total. The molecule has 2 atom stereocenters. The van der Waals surface area contributed by atoms with Crippen LogP contribution < -0.4 is 15.6 Å². The van der Waals surface area contributed by atoms with E-state index in [-0.39, 0.29) is 31.2 Å². The molecule has 47 heavy (non-hydrogen) atoms. The number of benzene rings is 4. The molecule has 0 saturated heterocycles. The molecule has 1 heterocycles. The van der Waals surface area contributed by atoms with Gasteiger partial charge in [-0.05, 0) is 58.6 Å². The van der Waals surface area contributed by atoms with Crippen LogP contribution in [0.1, 0.15) is 34.8 Å². The van der Waals surface area contributed by atoms with E-state index < -0.39 is 17.6 Å². The molecule has 14 heteroatoms. The Morgan fingerprint density at radius 3 is 2.45 bits per heavy atom. The monoisotopic (exact) mass is 651 g/mol. The zero-order valence-corrected chi connectivity index (χ0v) is 25.8. The topological polar surface area (TPSA) is 190 Å². The molecule has 4 aromatic carbocycles. The van der Waals surface area contributed by atoms with Gasteiger partial charge in [0.15, 0.2) is 11.6 Å². The number of nitrogens with one attached hydrogen (secondary N) is 2. The van der Waals surface area contributed by atoms with Gasteiger partial charge in [0, 0.05) is 63.3 Å². The fourth-order valence-corrected chi connectivity index (χ4v) is 5.40. The lowest BCUT2D eigenvalue weighted by Crippen LogP contribution is -2.53. The van der Waals surface area contributed by atoms with Crippen LogP contribution in [0.15, 0.2) is 112 Å². The smallest absolute Gasteiger partial charge is 0.266 e. The number of halogens is 1. The Labute approximate surface area is 275 Å². The number of aliphatic imine (C=N–C) groups is 1. The standard InChI is InChI=1S/C33H30ClN9O4/c34-25-9-5-7-22(19-25)21-37-41-32(45)33(20-24-8-1-3-11-28(24)39-42-35)30(27-10-2-4-12-29(27)40-43-36)47-31(38-33)23-13-15-26(16-14-23)46-18-6-17-44/h1-5,7-16,19,30,37,44H,6,17-18,20-21H2,(H,41,45)/t30-,33-/m0/s1. The molecule has 1 aliphatic heterocycles. The van der Waals surface area contributed by atoms with Crippen LogP contribution >= 0.6 is 11.6 Å². The first-order chi connectivity index (χ1) is 23.0. The predicted molar refractivity (Wildman–Crippen MR) is 177 cm³/mol. The minimum atomic E-state index is -1.69. The minimum absolute atomic E-state index is 0.0162. The fraction of sp³-hybridized carbons (Fsp3) is 0.212. The van der Waals surface area contributed by atoms with E-state index in [1.165, 1.54) is 0 Å². The molecule has 0 aliphatic carbocycles. The number of carbonyl (C=O) groups excluding carboxylic acids is 1. The van der Waals surface area contributed by atoms with Crippen molar-refractivity contribution in [3.63, 3.8) is 0 Å². The van der Waals surface area contributed by atoms with Gasteiger partial charge < -0.3 is 14.6 Å². The van der Waals surface area contributed by atoms with E-state index >= 15 is 0 Å². The number of hydrazine groups is 1. The molecule has 5 rings (SSSR count). The number of aliphatic hydroxyl groups is 1. The van der Waals surface area contributed by atoms with Crippen LogP contribution in [0.2, 0.25) is 5.02 Å². The van der Waals surface area contributed by atoms with Gasteiger partial charge in [-0.3, -0.25) is 10.2 Å². The van der Waals surface area contributed by atoms with Crippen molar-refractivity contribution in [1.29, 1.82) is 0 Å². The summed E-state index contributed by atoms with van der Waals surface area (Å²) in [7, 11) is 0. The molecule has 1 aliphatic rings. The maximum atomic E-state index is 14.5. The van der Waals surface area contributed by atoms with E-state index in [1.54, 1.807) is 84.9 Å². The molecule has 0 spiro atoms. The highest BCUT2D eigenvalue weighted by Gasteiger charge is 2.54. The van der Waals surface area contributed by atoms with E-state index in [2.05, 4.69) is 30.9 Å². The number of hydrogen-bond donors (Lipinski definition) is 3. The number of ether oxygens (including phenoxy) is 2. The molecule has 4 aromatic rings. The van der Waals surface area contributed by atoms with Crippen molar-refractivity contribution in [3.8, 4) is 5.75 Å². The fourth-order valence-electron chi connectivity index (χ4n) is 5.19. The lowest BCUT2D eigenvalue weighted by molar-refractivity contribution is -0.130. The summed E-state index contributed by atoms with van der Waals surface area (Å²) < 4.78 is 12.2. The first-order valence-electron chi connectivity index (χ1n) is 14.6. The summed E-state index contributed by atoms with van der Waals surface area (Å²) in [5, 5.41) is 17.3. The van der Waals surface area contributed by atoms with Crippen molar-refractivity contribution in [1.82, 2.24) is 10.9 Å². The summed E-state index contributed by atoms with van der Waals surface area (Å²) in [6, 6.07) is 27.9. The van der Waals surface area contributed by atoms with Gasteiger partial charge in [-0.25, -0.2) is 10.4 Å². The zero-order chi connectivity index (χ0) is 33.1. The summed E-state index contributed by atoms with van der Waals surface area (Å²) in [5.74, 6) is 0.206. The van der Waals surface area contributed by atoms with Crippen molar-refractivity contribution >= 4 is 34.8 Å². The molecule has 238 valence electrons. The number of carbonyl (C=O) groups is 1. The molecular formula is C33H30ClN9O4. The van der Waals surface area contributed by atoms with Crippen molar-refractivity contribution in [2.45, 2.75) is 31.0 Å². The summed E-state index contributed by atoms with van der Waals surface area (Å²) in [6.45, 7) is 0.622. The Morgan fingerprint density at radius 2 is 1.70 bits per heavy atom. The number of nitrogens with zero attached hydrogens (tertiary/aromatic N) is 7. The summed E-state index contributed by atoms with van der Waals surface area (Å²) >= 11 is 6.15. The second kappa shape index (κ2) is 15.6. The van der Waals surface area contributed by atoms with Crippen LogP contribution in [0, 0.1) is 0 Å². The average Bonchev–Trinajstić information content (AvgIpc) is 3.47. The maximum Gasteiger partial charge on any atom is 0.266 e. The number of azide groups is 2. The minimum Gasteiger partial charge on any atom is -0.494 e. The number of amides is 1. The number of aliphatic hydroxyl groups excluding tert-OH is 1. The highest BCUT2D eigenvalue weighted by molar-refractivity contribution is 6.30. The molecule has 0 bridgehead atoms. The first kappa shape index (κ1) is 32.8. The molecule has 0 aromatic heterocycles. The highest BCUT2D eigenvalue weighted by atomic mass is 35.5. The van der Waals surface area contributed by atoms with E-state index in [4.69, 9.17) is 31.2 Å². The second-order valence-electron chi connectivity index (χ2n) is 10.5. The lowest BCUT2D eigenvalue weighted by Gasteiger charge is -2.31. The van der Waals surface area contributed by atoms with Gasteiger partial charge in [0.2, 0.25) is 5.90 Å². The van der Waals surface area contributed by atoms with Crippen molar-refractivity contribution < 1.29 is 19.4 Å². The summed E-state index contributed by atoms with van der Waals surface area (Å²) in [4.78, 5) is 25.4. The van der Waals surface area contributed by atoms with Gasteiger partial charge in [-0.15, -0.1) is 0 Å². The third-order valence-electron chi connectivity index (χ3n) is 7.39. The Kier molecular flexibility index (Phi) is 10.9. The normalized spacial score (nSPS) is 16.6. The Bertz CT molecular complexity index is 1860. The van der Waals surface area contributed by atoms with Crippen LogP contribution in [0.5, 0.6) is 5.75 Å². The Hall–Kier alpha value is -5.55. The third kappa shape index (κ3) is 7.82. The first-order valence-corrected chi connectivity index (χ1v) is 15.0. The zero-order valence-electron chi connectivity index (χ0n) is 25.0. The van der Waals surface area contributed by atoms with Crippen molar-refractivity contribution in [2.75, 3.05) is 13.2 Å². The van der Waals surface area contributed by atoms with Crippen molar-refractivity contribution in [2.24, 2.45) is 15.2 Å². The molecule has 0 fully saturated rings. The molecule has 0 saturated carbocycles. The summed E-state index contributed by atoms with van der Waals surface area (Å²) in [5.41, 5.74) is 25.7.